The summed E-state index contributed by atoms with van der Waals surface area (Å²) in [6.07, 6.45) is 1.51. The maximum Gasteiger partial charge on any atom is 0.137 e. The van der Waals surface area contributed by atoms with Gasteiger partial charge in [0.2, 0.25) is 0 Å². The van der Waals surface area contributed by atoms with E-state index in [4.69, 9.17) is 17.3 Å². The van der Waals surface area contributed by atoms with Crippen LogP contribution < -0.4 is 5.73 Å². The summed E-state index contributed by atoms with van der Waals surface area (Å²) in [5.41, 5.74) is 7.19. The third-order valence-corrected chi connectivity index (χ3v) is 3.16. The van der Waals surface area contributed by atoms with Crippen LogP contribution in [-0.2, 0) is 18.3 Å². The third kappa shape index (κ3) is 4.13. The second kappa shape index (κ2) is 5.19. The van der Waals surface area contributed by atoms with Crippen molar-refractivity contribution in [1.82, 2.24) is 9.78 Å². The predicted molar refractivity (Wildman–Crippen MR) is 69.2 cm³/mol. The highest BCUT2D eigenvalue weighted by Gasteiger charge is 2.17. The van der Waals surface area contributed by atoms with E-state index < -0.39 is 0 Å². The minimum atomic E-state index is -0.302. The van der Waals surface area contributed by atoms with Crippen LogP contribution in [0.15, 0.2) is 0 Å². The zero-order valence-corrected chi connectivity index (χ0v) is 11.6. The molecule has 4 nitrogen and oxygen atoms in total. The van der Waals surface area contributed by atoms with Gasteiger partial charge in [-0.25, -0.2) is 0 Å². The van der Waals surface area contributed by atoms with Crippen LogP contribution in [0.1, 0.15) is 37.9 Å². The molecule has 1 rings (SSSR count). The Balaban J connectivity index is 2.63. The second-order valence-electron chi connectivity index (χ2n) is 5.18. The van der Waals surface area contributed by atoms with Gasteiger partial charge in [-0.2, -0.15) is 5.10 Å². The fourth-order valence-electron chi connectivity index (χ4n) is 1.62. The van der Waals surface area contributed by atoms with Crippen molar-refractivity contribution < 1.29 is 4.79 Å². The fourth-order valence-corrected chi connectivity index (χ4v) is 1.86. The molecule has 0 aliphatic rings. The van der Waals surface area contributed by atoms with Gasteiger partial charge in [0.1, 0.15) is 10.9 Å². The molecule has 0 unspecified atom stereocenters. The molecule has 0 aliphatic heterocycles. The third-order valence-electron chi connectivity index (χ3n) is 2.69. The van der Waals surface area contributed by atoms with Crippen molar-refractivity contribution in [2.45, 2.75) is 45.6 Å². The molecular formula is C12H20ClN3O. The van der Waals surface area contributed by atoms with E-state index in [2.05, 4.69) is 5.10 Å². The Labute approximate surface area is 107 Å². The Morgan fingerprint density at radius 3 is 2.53 bits per heavy atom. The number of Topliss-reactive ketones (excluding diaryl/α,β-unsaturated/α-hetero) is 1. The first-order valence-electron chi connectivity index (χ1n) is 5.69. The molecule has 0 amide bonds. The molecule has 96 valence electrons. The van der Waals surface area contributed by atoms with E-state index in [0.717, 1.165) is 11.3 Å². The summed E-state index contributed by atoms with van der Waals surface area (Å²) in [6, 6.07) is 0. The number of halogens is 1. The lowest BCUT2D eigenvalue weighted by Crippen LogP contribution is -2.32. The maximum atomic E-state index is 11.8. The number of hydrogen-bond acceptors (Lipinski definition) is 3. The van der Waals surface area contributed by atoms with Gasteiger partial charge in [-0.1, -0.05) is 11.6 Å². The minimum absolute atomic E-state index is 0.154. The number of rotatable bonds is 5. The van der Waals surface area contributed by atoms with Crippen LogP contribution in [0.4, 0.5) is 0 Å². The summed E-state index contributed by atoms with van der Waals surface area (Å²) in [5.74, 6) is 0.154. The highest BCUT2D eigenvalue weighted by Crippen LogP contribution is 2.20. The molecule has 17 heavy (non-hydrogen) atoms. The van der Waals surface area contributed by atoms with Gasteiger partial charge in [0, 0.05) is 31.0 Å². The van der Waals surface area contributed by atoms with Crippen LogP contribution >= 0.6 is 11.6 Å². The van der Waals surface area contributed by atoms with Crippen molar-refractivity contribution in [1.29, 1.82) is 0 Å². The number of hydrogen-bond donors (Lipinski definition) is 1. The van der Waals surface area contributed by atoms with E-state index in [9.17, 15) is 4.79 Å². The van der Waals surface area contributed by atoms with Gasteiger partial charge < -0.3 is 5.73 Å². The smallest absolute Gasteiger partial charge is 0.137 e. The monoisotopic (exact) mass is 257 g/mol. The van der Waals surface area contributed by atoms with Crippen molar-refractivity contribution in [3.63, 3.8) is 0 Å². The molecule has 0 atom stereocenters. The van der Waals surface area contributed by atoms with Gasteiger partial charge in [0.25, 0.3) is 0 Å². The molecule has 0 radical (unpaired) electrons. The number of carbonyl (C=O) groups excluding carboxylic acids is 1. The van der Waals surface area contributed by atoms with E-state index in [0.29, 0.717) is 24.4 Å². The molecule has 0 fully saturated rings. The molecule has 0 bridgehead atoms. The Hall–Kier alpha value is -0.870. The summed E-state index contributed by atoms with van der Waals surface area (Å²) < 4.78 is 1.59. The minimum Gasteiger partial charge on any atom is -0.326 e. The number of nitrogens with zero attached hydrogens (tertiary/aromatic N) is 2. The zero-order chi connectivity index (χ0) is 13.2. The van der Waals surface area contributed by atoms with Crippen LogP contribution in [0.5, 0.6) is 0 Å². The Morgan fingerprint density at radius 1 is 1.53 bits per heavy atom. The standard InChI is InChI=1S/C12H20ClN3O/c1-8-10(11(13)16(4)15-8)7-9(17)5-6-12(2,3)14/h5-7,14H2,1-4H3. The summed E-state index contributed by atoms with van der Waals surface area (Å²) in [6.45, 7) is 5.70. The Kier molecular flexibility index (Phi) is 4.33. The molecular weight excluding hydrogens is 238 g/mol. The number of carbonyl (C=O) groups is 1. The van der Waals surface area contributed by atoms with Crippen molar-refractivity contribution >= 4 is 17.4 Å². The average molecular weight is 258 g/mol. The predicted octanol–water partition coefficient (Wildman–Crippen LogP) is 2.01. The SMILES string of the molecule is Cc1nn(C)c(Cl)c1CC(=O)CCC(C)(C)N. The largest absolute Gasteiger partial charge is 0.326 e. The lowest BCUT2D eigenvalue weighted by Gasteiger charge is -2.17. The van der Waals surface area contributed by atoms with Gasteiger partial charge in [-0.3, -0.25) is 9.48 Å². The number of aromatic nitrogens is 2. The molecule has 0 spiro atoms. The molecule has 0 aliphatic carbocycles. The van der Waals surface area contributed by atoms with Gasteiger partial charge >= 0.3 is 0 Å². The summed E-state index contributed by atoms with van der Waals surface area (Å²) >= 11 is 6.07. The zero-order valence-electron chi connectivity index (χ0n) is 10.9. The lowest BCUT2D eigenvalue weighted by molar-refractivity contribution is -0.118. The molecule has 1 heterocycles. The van der Waals surface area contributed by atoms with E-state index in [-0.39, 0.29) is 11.3 Å². The average Bonchev–Trinajstić information content (AvgIpc) is 2.41. The van der Waals surface area contributed by atoms with Crippen LogP contribution in [0.3, 0.4) is 0 Å². The van der Waals surface area contributed by atoms with E-state index in [1.807, 2.05) is 20.8 Å². The molecule has 0 saturated carbocycles. The molecule has 1 aromatic heterocycles. The van der Waals surface area contributed by atoms with Crippen LogP contribution in [0, 0.1) is 6.92 Å². The molecule has 2 N–H and O–H groups in total. The molecule has 0 aromatic carbocycles. The van der Waals surface area contributed by atoms with Gasteiger partial charge in [-0.15, -0.1) is 0 Å². The molecule has 1 aromatic rings. The summed E-state index contributed by atoms with van der Waals surface area (Å²) in [5, 5.41) is 4.72. The molecule has 0 saturated heterocycles. The number of aryl methyl sites for hydroxylation is 2. The normalized spacial score (nSPS) is 11.9. The van der Waals surface area contributed by atoms with Gasteiger partial charge in [0.15, 0.2) is 0 Å². The van der Waals surface area contributed by atoms with E-state index in [1.165, 1.54) is 0 Å². The van der Waals surface area contributed by atoms with Crippen molar-refractivity contribution in [2.24, 2.45) is 12.8 Å². The first kappa shape index (κ1) is 14.2. The van der Waals surface area contributed by atoms with Crippen LogP contribution in [0.25, 0.3) is 0 Å². The fraction of sp³-hybridized carbons (Fsp3) is 0.667. The maximum absolute atomic E-state index is 11.8. The number of ketones is 1. The summed E-state index contributed by atoms with van der Waals surface area (Å²) in [7, 11) is 1.77. The lowest BCUT2D eigenvalue weighted by atomic mass is 9.96. The van der Waals surface area contributed by atoms with Gasteiger partial charge in [-0.05, 0) is 27.2 Å². The first-order chi connectivity index (χ1) is 7.70. The Morgan fingerprint density at radius 2 is 2.12 bits per heavy atom. The van der Waals surface area contributed by atoms with Crippen molar-refractivity contribution in [3.05, 3.63) is 16.4 Å². The van der Waals surface area contributed by atoms with Gasteiger partial charge in [0.05, 0.1) is 5.69 Å². The Bertz CT molecular complexity index is 418. The topological polar surface area (TPSA) is 60.9 Å². The van der Waals surface area contributed by atoms with Crippen LogP contribution in [-0.4, -0.2) is 21.1 Å². The van der Waals surface area contributed by atoms with E-state index in [1.54, 1.807) is 11.7 Å². The highest BCUT2D eigenvalue weighted by molar-refractivity contribution is 6.30. The second-order valence-corrected chi connectivity index (χ2v) is 5.54. The number of nitrogens with two attached hydrogens (primary N) is 1. The van der Waals surface area contributed by atoms with Crippen molar-refractivity contribution in [3.8, 4) is 0 Å². The first-order valence-corrected chi connectivity index (χ1v) is 6.07. The summed E-state index contributed by atoms with van der Waals surface area (Å²) in [4.78, 5) is 11.8. The molecule has 5 heteroatoms. The van der Waals surface area contributed by atoms with Crippen LogP contribution in [0.2, 0.25) is 5.15 Å². The van der Waals surface area contributed by atoms with E-state index >= 15 is 0 Å². The van der Waals surface area contributed by atoms with Crippen molar-refractivity contribution in [2.75, 3.05) is 0 Å². The highest BCUT2D eigenvalue weighted by atomic mass is 35.5. The quantitative estimate of drug-likeness (QED) is 0.878.